The van der Waals surface area contributed by atoms with Gasteiger partial charge in [-0.15, -0.1) is 0 Å². The van der Waals surface area contributed by atoms with Crippen LogP contribution in [0.1, 0.15) is 0 Å². The van der Waals surface area contributed by atoms with E-state index < -0.39 is 0 Å². The molecule has 0 amide bonds. The summed E-state index contributed by atoms with van der Waals surface area (Å²) < 4.78 is 0. The first-order valence-electron chi connectivity index (χ1n) is 3.58. The molecule has 2 rings (SSSR count). The lowest BCUT2D eigenvalue weighted by Crippen LogP contribution is -2.28. The number of aliphatic hydroxyl groups is 1. The van der Waals surface area contributed by atoms with Gasteiger partial charge >= 0.3 is 0 Å². The summed E-state index contributed by atoms with van der Waals surface area (Å²) in [7, 11) is 0. The molecule has 0 saturated carbocycles. The molecule has 0 bridgehead atoms. The number of fused-ring (bicyclic) bond motifs is 1. The van der Waals surface area contributed by atoms with Crippen molar-refractivity contribution >= 4 is 0 Å². The summed E-state index contributed by atoms with van der Waals surface area (Å²) in [5, 5.41) is 12.5. The van der Waals surface area contributed by atoms with E-state index >= 15 is 0 Å². The standard InChI is InChI=1S/C9H9NO/c11-9-5-6-10-8-4-2-1-3-7(8)9/h1-6,8,10-11H. The lowest BCUT2D eigenvalue weighted by molar-refractivity contribution is 0.418. The third-order valence-corrected chi connectivity index (χ3v) is 1.84. The molecule has 0 aromatic rings. The average molecular weight is 147 g/mol. The van der Waals surface area contributed by atoms with E-state index in [-0.39, 0.29) is 6.04 Å². The van der Waals surface area contributed by atoms with Crippen LogP contribution in [-0.4, -0.2) is 11.1 Å². The zero-order valence-corrected chi connectivity index (χ0v) is 5.99. The number of aliphatic hydroxyl groups excluding tert-OH is 1. The highest BCUT2D eigenvalue weighted by Crippen LogP contribution is 2.18. The quantitative estimate of drug-likeness (QED) is 0.543. The summed E-state index contributed by atoms with van der Waals surface area (Å²) in [4.78, 5) is 0. The van der Waals surface area contributed by atoms with Crippen molar-refractivity contribution in [3.8, 4) is 0 Å². The van der Waals surface area contributed by atoms with Crippen molar-refractivity contribution in [2.45, 2.75) is 6.04 Å². The van der Waals surface area contributed by atoms with Gasteiger partial charge in [-0.05, 0) is 6.08 Å². The van der Waals surface area contributed by atoms with Gasteiger partial charge in [-0.1, -0.05) is 24.3 Å². The monoisotopic (exact) mass is 147 g/mol. The molecule has 1 unspecified atom stereocenters. The van der Waals surface area contributed by atoms with E-state index in [1.807, 2.05) is 24.3 Å². The second-order valence-electron chi connectivity index (χ2n) is 2.56. The van der Waals surface area contributed by atoms with Crippen molar-refractivity contribution in [1.82, 2.24) is 5.32 Å². The van der Waals surface area contributed by atoms with Gasteiger partial charge in [0.25, 0.3) is 0 Å². The molecule has 0 aromatic heterocycles. The average Bonchev–Trinajstić information content (AvgIpc) is 2.06. The Hall–Kier alpha value is -1.44. The van der Waals surface area contributed by atoms with Crippen molar-refractivity contribution in [3.05, 3.63) is 47.9 Å². The van der Waals surface area contributed by atoms with Gasteiger partial charge < -0.3 is 10.4 Å². The fraction of sp³-hybridized carbons (Fsp3) is 0.111. The Balaban J connectivity index is 2.43. The van der Waals surface area contributed by atoms with Crippen LogP contribution >= 0.6 is 0 Å². The van der Waals surface area contributed by atoms with Crippen molar-refractivity contribution in [2.24, 2.45) is 0 Å². The number of hydrogen-bond donors (Lipinski definition) is 2. The van der Waals surface area contributed by atoms with E-state index in [1.54, 1.807) is 12.3 Å². The molecule has 1 aliphatic heterocycles. The molecule has 2 nitrogen and oxygen atoms in total. The molecule has 56 valence electrons. The number of hydrogen-bond acceptors (Lipinski definition) is 2. The van der Waals surface area contributed by atoms with Gasteiger partial charge in [0.05, 0.1) is 6.04 Å². The summed E-state index contributed by atoms with van der Waals surface area (Å²) in [6.45, 7) is 0. The summed E-state index contributed by atoms with van der Waals surface area (Å²) in [6.07, 6.45) is 11.2. The van der Waals surface area contributed by atoms with Crippen molar-refractivity contribution in [1.29, 1.82) is 0 Å². The summed E-state index contributed by atoms with van der Waals surface area (Å²) in [5.41, 5.74) is 0.940. The van der Waals surface area contributed by atoms with Gasteiger partial charge in [-0.3, -0.25) is 0 Å². The lowest BCUT2D eigenvalue weighted by Gasteiger charge is -2.21. The molecule has 11 heavy (non-hydrogen) atoms. The predicted molar refractivity (Wildman–Crippen MR) is 44.0 cm³/mol. The maximum atomic E-state index is 9.37. The highest BCUT2D eigenvalue weighted by atomic mass is 16.3. The Morgan fingerprint density at radius 2 is 2.18 bits per heavy atom. The van der Waals surface area contributed by atoms with E-state index in [0.717, 1.165) is 5.57 Å². The van der Waals surface area contributed by atoms with Crippen LogP contribution < -0.4 is 5.32 Å². The summed E-state index contributed by atoms with van der Waals surface area (Å²) >= 11 is 0. The largest absolute Gasteiger partial charge is 0.508 e. The van der Waals surface area contributed by atoms with Gasteiger partial charge in [0, 0.05) is 11.8 Å². The normalized spacial score (nSPS) is 26.7. The Labute approximate surface area is 65.2 Å². The third-order valence-electron chi connectivity index (χ3n) is 1.84. The Kier molecular flexibility index (Phi) is 1.32. The van der Waals surface area contributed by atoms with Crippen LogP contribution in [0.5, 0.6) is 0 Å². The molecular formula is C9H9NO. The van der Waals surface area contributed by atoms with Crippen molar-refractivity contribution in [2.75, 3.05) is 0 Å². The molecule has 1 heterocycles. The zero-order chi connectivity index (χ0) is 7.68. The van der Waals surface area contributed by atoms with Gasteiger partial charge in [0.2, 0.25) is 0 Å². The first kappa shape index (κ1) is 6.28. The van der Waals surface area contributed by atoms with Crippen molar-refractivity contribution in [3.63, 3.8) is 0 Å². The molecule has 2 heteroatoms. The minimum Gasteiger partial charge on any atom is -0.508 e. The molecule has 0 aromatic carbocycles. The molecule has 0 spiro atoms. The van der Waals surface area contributed by atoms with Gasteiger partial charge in [-0.25, -0.2) is 0 Å². The first-order valence-corrected chi connectivity index (χ1v) is 3.58. The van der Waals surface area contributed by atoms with Gasteiger partial charge in [-0.2, -0.15) is 0 Å². The Morgan fingerprint density at radius 3 is 3.00 bits per heavy atom. The van der Waals surface area contributed by atoms with E-state index in [4.69, 9.17) is 0 Å². The number of rotatable bonds is 0. The zero-order valence-electron chi connectivity index (χ0n) is 5.99. The van der Waals surface area contributed by atoms with Crippen LogP contribution in [0.2, 0.25) is 0 Å². The van der Waals surface area contributed by atoms with Crippen LogP contribution in [-0.2, 0) is 0 Å². The van der Waals surface area contributed by atoms with E-state index in [2.05, 4.69) is 5.32 Å². The number of dihydropyridines is 1. The minimum atomic E-state index is 0.157. The lowest BCUT2D eigenvalue weighted by atomic mass is 9.99. The fourth-order valence-electron chi connectivity index (χ4n) is 1.26. The SMILES string of the molecule is OC1=C2C=CC=CC2NC=C1. The smallest absolute Gasteiger partial charge is 0.122 e. The minimum absolute atomic E-state index is 0.157. The van der Waals surface area contributed by atoms with Gasteiger partial charge in [0.1, 0.15) is 5.76 Å². The predicted octanol–water partition coefficient (Wildman–Crippen LogP) is 1.41. The van der Waals surface area contributed by atoms with Crippen LogP contribution in [0.25, 0.3) is 0 Å². The molecule has 1 atom stereocenters. The van der Waals surface area contributed by atoms with Crippen LogP contribution in [0.4, 0.5) is 0 Å². The Morgan fingerprint density at radius 1 is 1.27 bits per heavy atom. The molecule has 2 N–H and O–H groups in total. The highest BCUT2D eigenvalue weighted by Gasteiger charge is 2.15. The maximum Gasteiger partial charge on any atom is 0.122 e. The number of nitrogens with one attached hydrogen (secondary N) is 1. The Bertz CT molecular complexity index is 284. The summed E-state index contributed by atoms with van der Waals surface area (Å²) in [5.74, 6) is 0.356. The maximum absolute atomic E-state index is 9.37. The van der Waals surface area contributed by atoms with E-state index in [1.165, 1.54) is 0 Å². The van der Waals surface area contributed by atoms with Crippen LogP contribution in [0.15, 0.2) is 47.9 Å². The molecule has 0 radical (unpaired) electrons. The molecule has 0 fully saturated rings. The summed E-state index contributed by atoms with van der Waals surface area (Å²) in [6, 6.07) is 0.157. The third kappa shape index (κ3) is 0.963. The molecule has 2 aliphatic rings. The van der Waals surface area contributed by atoms with Crippen LogP contribution in [0.3, 0.4) is 0 Å². The second-order valence-corrected chi connectivity index (χ2v) is 2.56. The highest BCUT2D eigenvalue weighted by molar-refractivity contribution is 5.43. The van der Waals surface area contributed by atoms with Crippen molar-refractivity contribution < 1.29 is 5.11 Å². The molecule has 1 aliphatic carbocycles. The topological polar surface area (TPSA) is 32.3 Å². The molecular weight excluding hydrogens is 138 g/mol. The van der Waals surface area contributed by atoms with Crippen LogP contribution in [0, 0.1) is 0 Å². The fourth-order valence-corrected chi connectivity index (χ4v) is 1.26. The van der Waals surface area contributed by atoms with E-state index in [9.17, 15) is 5.11 Å². The first-order chi connectivity index (χ1) is 5.38. The molecule has 0 saturated heterocycles. The second kappa shape index (κ2) is 2.31. The van der Waals surface area contributed by atoms with Gasteiger partial charge in [0.15, 0.2) is 0 Å². The van der Waals surface area contributed by atoms with E-state index in [0.29, 0.717) is 5.76 Å². The number of allylic oxidation sites excluding steroid dienone is 3.